The lowest BCUT2D eigenvalue weighted by Gasteiger charge is -2.22. The fourth-order valence-corrected chi connectivity index (χ4v) is 2.77. The van der Waals surface area contributed by atoms with Gasteiger partial charge in [-0.15, -0.1) is 10.2 Å². The maximum atomic E-state index is 12.2. The first kappa shape index (κ1) is 18.6. The highest BCUT2D eigenvalue weighted by atomic mass is 16.5. The first-order valence-electron chi connectivity index (χ1n) is 8.88. The molecule has 1 N–H and O–H groups in total. The molecule has 0 aliphatic carbocycles. The Labute approximate surface area is 159 Å². The summed E-state index contributed by atoms with van der Waals surface area (Å²) in [4.78, 5) is 12.2. The Bertz CT molecular complexity index is 898. The van der Waals surface area contributed by atoms with E-state index in [1.54, 1.807) is 6.33 Å². The number of hydrogen-bond acceptors (Lipinski definition) is 4. The van der Waals surface area contributed by atoms with Crippen molar-refractivity contribution in [3.8, 4) is 11.4 Å². The van der Waals surface area contributed by atoms with E-state index in [9.17, 15) is 4.79 Å². The molecule has 0 aliphatic rings. The first-order chi connectivity index (χ1) is 12.9. The average Bonchev–Trinajstić information content (AvgIpc) is 3.13. The van der Waals surface area contributed by atoms with Gasteiger partial charge in [0.25, 0.3) is 5.91 Å². The molecule has 27 heavy (non-hydrogen) atoms. The van der Waals surface area contributed by atoms with Crippen LogP contribution in [-0.2, 0) is 16.8 Å². The predicted molar refractivity (Wildman–Crippen MR) is 104 cm³/mol. The Morgan fingerprint density at radius 2 is 1.78 bits per heavy atom. The van der Waals surface area contributed by atoms with Crippen molar-refractivity contribution in [1.29, 1.82) is 0 Å². The number of para-hydroxylation sites is 2. The van der Waals surface area contributed by atoms with Gasteiger partial charge in [0.05, 0.1) is 6.54 Å². The van der Waals surface area contributed by atoms with Crippen molar-refractivity contribution < 1.29 is 9.53 Å². The number of rotatable bonds is 6. The van der Waals surface area contributed by atoms with E-state index in [1.165, 1.54) is 0 Å². The second-order valence-corrected chi connectivity index (χ2v) is 7.26. The van der Waals surface area contributed by atoms with E-state index < -0.39 is 0 Å². The highest BCUT2D eigenvalue weighted by Gasteiger charge is 2.19. The van der Waals surface area contributed by atoms with Gasteiger partial charge in [0.15, 0.2) is 12.4 Å². The summed E-state index contributed by atoms with van der Waals surface area (Å²) in [6.07, 6.45) is 1.63. The molecule has 0 atom stereocenters. The summed E-state index contributed by atoms with van der Waals surface area (Å²) >= 11 is 0. The maximum Gasteiger partial charge on any atom is 0.258 e. The molecule has 0 unspecified atom stereocenters. The molecule has 0 radical (unpaired) electrons. The van der Waals surface area contributed by atoms with Gasteiger partial charge >= 0.3 is 0 Å². The minimum atomic E-state index is -0.207. The van der Waals surface area contributed by atoms with Crippen LogP contribution in [0.4, 0.5) is 0 Å². The average molecular weight is 364 g/mol. The van der Waals surface area contributed by atoms with Crippen LogP contribution in [0, 0.1) is 0 Å². The summed E-state index contributed by atoms with van der Waals surface area (Å²) in [5.74, 6) is 1.18. The van der Waals surface area contributed by atoms with Gasteiger partial charge in [-0.25, -0.2) is 0 Å². The monoisotopic (exact) mass is 364 g/mol. The highest BCUT2D eigenvalue weighted by molar-refractivity contribution is 5.77. The Morgan fingerprint density at radius 3 is 2.52 bits per heavy atom. The van der Waals surface area contributed by atoms with E-state index in [0.29, 0.717) is 5.82 Å². The fraction of sp³-hybridized carbons (Fsp3) is 0.286. The molecular weight excluding hydrogens is 340 g/mol. The number of carbonyl (C=O) groups is 1. The molecule has 0 saturated heterocycles. The van der Waals surface area contributed by atoms with Crippen molar-refractivity contribution in [3.05, 3.63) is 72.3 Å². The van der Waals surface area contributed by atoms with Crippen molar-refractivity contribution in [1.82, 2.24) is 20.1 Å². The van der Waals surface area contributed by atoms with E-state index in [2.05, 4.69) is 36.3 Å². The zero-order valence-corrected chi connectivity index (χ0v) is 15.8. The molecule has 3 aromatic rings. The lowest BCUT2D eigenvalue weighted by atomic mass is 9.86. The van der Waals surface area contributed by atoms with Gasteiger partial charge in [0.1, 0.15) is 12.1 Å². The predicted octanol–water partition coefficient (Wildman–Crippen LogP) is 3.26. The zero-order valence-electron chi connectivity index (χ0n) is 15.8. The van der Waals surface area contributed by atoms with Crippen LogP contribution in [0.3, 0.4) is 0 Å². The van der Waals surface area contributed by atoms with Crippen molar-refractivity contribution in [2.45, 2.75) is 32.7 Å². The Balaban J connectivity index is 1.59. The first-order valence-corrected chi connectivity index (χ1v) is 8.88. The molecule has 0 fully saturated rings. The summed E-state index contributed by atoms with van der Waals surface area (Å²) in [5, 5.41) is 10.9. The van der Waals surface area contributed by atoms with Gasteiger partial charge in [0.2, 0.25) is 0 Å². The van der Waals surface area contributed by atoms with E-state index >= 15 is 0 Å². The number of nitrogens with one attached hydrogen (secondary N) is 1. The van der Waals surface area contributed by atoms with Crippen LogP contribution in [0.1, 0.15) is 32.2 Å². The summed E-state index contributed by atoms with van der Waals surface area (Å²) < 4.78 is 7.60. The molecule has 6 heteroatoms. The summed E-state index contributed by atoms with van der Waals surface area (Å²) in [6, 6.07) is 17.5. The van der Waals surface area contributed by atoms with Gasteiger partial charge < -0.3 is 10.1 Å². The van der Waals surface area contributed by atoms with Crippen molar-refractivity contribution in [3.63, 3.8) is 0 Å². The summed E-state index contributed by atoms with van der Waals surface area (Å²) in [5.41, 5.74) is 1.96. The molecule has 2 aromatic carbocycles. The molecule has 0 bridgehead atoms. The smallest absolute Gasteiger partial charge is 0.258 e. The van der Waals surface area contributed by atoms with Gasteiger partial charge in [-0.2, -0.15) is 0 Å². The largest absolute Gasteiger partial charge is 0.483 e. The SMILES string of the molecule is CC(C)(C)c1ccccc1OCC(=O)NCc1nncn1-c1ccccc1. The lowest BCUT2D eigenvalue weighted by Crippen LogP contribution is -2.30. The van der Waals surface area contributed by atoms with Crippen LogP contribution in [0.5, 0.6) is 5.75 Å². The van der Waals surface area contributed by atoms with Gasteiger partial charge in [0, 0.05) is 5.69 Å². The third-order valence-corrected chi connectivity index (χ3v) is 4.15. The second-order valence-electron chi connectivity index (χ2n) is 7.26. The second kappa shape index (κ2) is 8.03. The Morgan fingerprint density at radius 1 is 1.07 bits per heavy atom. The lowest BCUT2D eigenvalue weighted by molar-refractivity contribution is -0.123. The molecule has 0 saturated carbocycles. The Hall–Kier alpha value is -3.15. The summed E-state index contributed by atoms with van der Waals surface area (Å²) in [7, 11) is 0. The number of benzene rings is 2. The standard InChI is InChI=1S/C21H24N4O2/c1-21(2,3)17-11-7-8-12-18(17)27-14-20(26)22-13-19-24-23-15-25(19)16-9-5-4-6-10-16/h4-12,15H,13-14H2,1-3H3,(H,22,26). The number of ether oxygens (including phenoxy) is 1. The fourth-order valence-electron chi connectivity index (χ4n) is 2.77. The van der Waals surface area contributed by atoms with Crippen LogP contribution in [0.15, 0.2) is 60.9 Å². The number of nitrogens with zero attached hydrogens (tertiary/aromatic N) is 3. The third-order valence-electron chi connectivity index (χ3n) is 4.15. The van der Waals surface area contributed by atoms with Crippen molar-refractivity contribution >= 4 is 5.91 Å². The molecule has 0 aliphatic heterocycles. The maximum absolute atomic E-state index is 12.2. The molecular formula is C21H24N4O2. The van der Waals surface area contributed by atoms with Gasteiger partial charge in [-0.3, -0.25) is 9.36 Å². The zero-order chi connectivity index (χ0) is 19.3. The molecule has 1 amide bonds. The van der Waals surface area contributed by atoms with Crippen LogP contribution in [0.2, 0.25) is 0 Å². The van der Waals surface area contributed by atoms with Crippen LogP contribution in [-0.4, -0.2) is 27.3 Å². The third kappa shape index (κ3) is 4.73. The van der Waals surface area contributed by atoms with Crippen LogP contribution < -0.4 is 10.1 Å². The number of aromatic nitrogens is 3. The molecule has 3 rings (SSSR count). The van der Waals surface area contributed by atoms with E-state index in [-0.39, 0.29) is 24.5 Å². The van der Waals surface area contributed by atoms with Gasteiger partial charge in [-0.1, -0.05) is 57.2 Å². The van der Waals surface area contributed by atoms with E-state index in [1.807, 2.05) is 59.2 Å². The molecule has 1 heterocycles. The van der Waals surface area contributed by atoms with Gasteiger partial charge in [-0.05, 0) is 29.2 Å². The van der Waals surface area contributed by atoms with Crippen molar-refractivity contribution in [2.75, 3.05) is 6.61 Å². The van der Waals surface area contributed by atoms with Crippen LogP contribution >= 0.6 is 0 Å². The number of hydrogen-bond donors (Lipinski definition) is 1. The van der Waals surface area contributed by atoms with E-state index in [4.69, 9.17) is 4.74 Å². The van der Waals surface area contributed by atoms with Crippen molar-refractivity contribution in [2.24, 2.45) is 0 Å². The molecule has 6 nitrogen and oxygen atoms in total. The molecule has 1 aromatic heterocycles. The molecule has 0 spiro atoms. The quantitative estimate of drug-likeness (QED) is 0.729. The van der Waals surface area contributed by atoms with Crippen LogP contribution in [0.25, 0.3) is 5.69 Å². The number of amides is 1. The normalized spacial score (nSPS) is 11.2. The minimum absolute atomic E-state index is 0.0490. The Kier molecular flexibility index (Phi) is 5.54. The highest BCUT2D eigenvalue weighted by Crippen LogP contribution is 2.30. The number of carbonyl (C=O) groups excluding carboxylic acids is 1. The van der Waals surface area contributed by atoms with E-state index in [0.717, 1.165) is 17.0 Å². The minimum Gasteiger partial charge on any atom is -0.483 e. The topological polar surface area (TPSA) is 69.0 Å². The molecule has 140 valence electrons. The summed E-state index contributed by atoms with van der Waals surface area (Å²) in [6.45, 7) is 6.58.